The van der Waals surface area contributed by atoms with Gasteiger partial charge in [-0.1, -0.05) is 18.2 Å². The fraction of sp³-hybridized carbons (Fsp3) is 0.148. The number of nitrogens with zero attached hydrogens (tertiary/aromatic N) is 1. The number of H-pyrrole nitrogens is 1. The highest BCUT2D eigenvalue weighted by Crippen LogP contribution is 2.25. The van der Waals surface area contributed by atoms with Crippen LogP contribution in [0.1, 0.15) is 23.0 Å². The first-order chi connectivity index (χ1) is 17.0. The Labute approximate surface area is 199 Å². The molecular weight excluding hydrogens is 449 g/mol. The van der Waals surface area contributed by atoms with Gasteiger partial charge in [0.25, 0.3) is 5.91 Å². The number of halogens is 1. The average molecular weight is 471 g/mol. The van der Waals surface area contributed by atoms with Crippen molar-refractivity contribution in [3.63, 3.8) is 0 Å². The number of hydrogen-bond donors (Lipinski definition) is 2. The molecule has 0 unspecified atom stereocenters. The number of rotatable bonds is 7. The number of aromatic amines is 1. The van der Waals surface area contributed by atoms with Crippen LogP contribution in [-0.2, 0) is 16.0 Å². The van der Waals surface area contributed by atoms with Crippen LogP contribution < -0.4 is 5.32 Å². The van der Waals surface area contributed by atoms with E-state index in [2.05, 4.69) is 15.3 Å². The van der Waals surface area contributed by atoms with Gasteiger partial charge in [0.1, 0.15) is 17.4 Å². The van der Waals surface area contributed by atoms with Gasteiger partial charge in [-0.25, -0.2) is 14.2 Å². The molecule has 1 atom stereocenters. The van der Waals surface area contributed by atoms with Crippen LogP contribution in [-0.4, -0.2) is 34.5 Å². The third kappa shape index (κ3) is 4.77. The van der Waals surface area contributed by atoms with Gasteiger partial charge in [-0.15, -0.1) is 0 Å². The zero-order valence-electron chi connectivity index (χ0n) is 18.9. The van der Waals surface area contributed by atoms with Crippen LogP contribution in [0.25, 0.3) is 33.5 Å². The molecular formula is C27H22FN3O4. The van der Waals surface area contributed by atoms with Crippen LogP contribution in [0.15, 0.2) is 77.2 Å². The predicted octanol–water partition coefficient (Wildman–Crippen LogP) is 5.02. The van der Waals surface area contributed by atoms with Gasteiger partial charge >= 0.3 is 5.97 Å². The predicted molar refractivity (Wildman–Crippen MR) is 129 cm³/mol. The topological polar surface area (TPSA) is 97.2 Å². The number of fused-ring (bicyclic) bond motifs is 2. The first-order valence-electron chi connectivity index (χ1n) is 11.2. The summed E-state index contributed by atoms with van der Waals surface area (Å²) in [6.45, 7) is 1.88. The van der Waals surface area contributed by atoms with Gasteiger partial charge < -0.3 is 19.5 Å². The van der Waals surface area contributed by atoms with Crippen molar-refractivity contribution in [1.82, 2.24) is 15.3 Å². The first-order valence-corrected chi connectivity index (χ1v) is 11.2. The number of oxazole rings is 1. The Bertz CT molecular complexity index is 1510. The van der Waals surface area contributed by atoms with E-state index in [0.717, 1.165) is 10.9 Å². The molecule has 0 bridgehead atoms. The van der Waals surface area contributed by atoms with Crippen LogP contribution in [0.5, 0.6) is 0 Å². The summed E-state index contributed by atoms with van der Waals surface area (Å²) in [5.74, 6) is -0.961. The number of para-hydroxylation sites is 2. The molecule has 0 fully saturated rings. The van der Waals surface area contributed by atoms with Gasteiger partial charge in [0.15, 0.2) is 5.58 Å². The number of carbonyl (C=O) groups excluding carboxylic acids is 2. The Balaban J connectivity index is 1.38. The Kier molecular flexibility index (Phi) is 6.01. The number of hydrogen-bond acceptors (Lipinski definition) is 5. The third-order valence-electron chi connectivity index (χ3n) is 5.61. The molecule has 2 N–H and O–H groups in total. The van der Waals surface area contributed by atoms with Crippen molar-refractivity contribution in [1.29, 1.82) is 0 Å². The minimum atomic E-state index is -0.937. The number of amides is 1. The van der Waals surface area contributed by atoms with E-state index < -0.39 is 17.9 Å². The molecule has 8 heteroatoms. The van der Waals surface area contributed by atoms with E-state index in [4.69, 9.17) is 9.15 Å². The second kappa shape index (κ2) is 9.42. The molecule has 1 amide bonds. The lowest BCUT2D eigenvalue weighted by molar-refractivity contribution is -0.145. The average Bonchev–Trinajstić information content (AvgIpc) is 3.47. The van der Waals surface area contributed by atoms with E-state index >= 15 is 0 Å². The van der Waals surface area contributed by atoms with Gasteiger partial charge in [-0.3, -0.25) is 4.79 Å². The van der Waals surface area contributed by atoms with E-state index in [1.54, 1.807) is 37.3 Å². The molecule has 7 nitrogen and oxygen atoms in total. The molecule has 0 aliphatic heterocycles. The summed E-state index contributed by atoms with van der Waals surface area (Å²) in [6.07, 6.45) is 0.158. The van der Waals surface area contributed by atoms with Crippen LogP contribution >= 0.6 is 0 Å². The zero-order chi connectivity index (χ0) is 24.4. The molecule has 0 saturated carbocycles. The lowest BCUT2D eigenvalue weighted by Crippen LogP contribution is -2.43. The van der Waals surface area contributed by atoms with E-state index in [9.17, 15) is 14.0 Å². The maximum absolute atomic E-state index is 13.6. The standard InChI is InChI=1S/C27H22FN3O4/c1-2-34-27(33)23(15-20-13-16-10-11-19(28)14-22(16)29-20)30-25(32)17-6-5-7-18(12-17)26-31-21-8-3-4-9-24(21)35-26/h3-14,23,29H,2,15H2,1H3,(H,30,32)/t23-/m1/s1. The lowest BCUT2D eigenvalue weighted by Gasteiger charge is -2.17. The van der Waals surface area contributed by atoms with Crippen molar-refractivity contribution in [3.05, 3.63) is 89.9 Å². The first kappa shape index (κ1) is 22.3. The molecule has 0 saturated heterocycles. The smallest absolute Gasteiger partial charge is 0.329 e. The maximum atomic E-state index is 13.6. The number of aromatic nitrogens is 2. The molecule has 5 rings (SSSR count). The fourth-order valence-corrected chi connectivity index (χ4v) is 3.96. The summed E-state index contributed by atoms with van der Waals surface area (Å²) < 4.78 is 24.5. The second-order valence-electron chi connectivity index (χ2n) is 8.08. The molecule has 35 heavy (non-hydrogen) atoms. The van der Waals surface area contributed by atoms with Crippen molar-refractivity contribution in [2.45, 2.75) is 19.4 Å². The lowest BCUT2D eigenvalue weighted by atomic mass is 10.1. The van der Waals surface area contributed by atoms with Gasteiger partial charge in [-0.05, 0) is 66.9 Å². The van der Waals surface area contributed by atoms with Crippen molar-refractivity contribution in [2.24, 2.45) is 0 Å². The van der Waals surface area contributed by atoms with Gasteiger partial charge in [0.05, 0.1) is 6.61 Å². The van der Waals surface area contributed by atoms with Crippen molar-refractivity contribution in [2.75, 3.05) is 6.61 Å². The number of nitrogens with one attached hydrogen (secondary N) is 2. The Morgan fingerprint density at radius 2 is 1.94 bits per heavy atom. The van der Waals surface area contributed by atoms with Crippen LogP contribution in [0.4, 0.5) is 4.39 Å². The Morgan fingerprint density at radius 3 is 2.77 bits per heavy atom. The molecule has 0 aliphatic carbocycles. The number of ether oxygens (including phenoxy) is 1. The minimum Gasteiger partial charge on any atom is -0.464 e. The van der Waals surface area contributed by atoms with Crippen LogP contribution in [0.2, 0.25) is 0 Å². The Morgan fingerprint density at radius 1 is 1.09 bits per heavy atom. The SMILES string of the molecule is CCOC(=O)[C@@H](Cc1cc2ccc(F)cc2[nH]1)NC(=O)c1cccc(-c2nc3ccccc3o2)c1. The second-order valence-corrected chi connectivity index (χ2v) is 8.08. The highest BCUT2D eigenvalue weighted by molar-refractivity contribution is 5.97. The normalized spacial score (nSPS) is 12.1. The maximum Gasteiger partial charge on any atom is 0.329 e. The van der Waals surface area contributed by atoms with Gasteiger partial charge in [0.2, 0.25) is 5.89 Å². The summed E-state index contributed by atoms with van der Waals surface area (Å²) in [5.41, 5.74) is 3.64. The van der Waals surface area contributed by atoms with Gasteiger partial charge in [0, 0.05) is 28.8 Å². The van der Waals surface area contributed by atoms with E-state index in [0.29, 0.717) is 33.8 Å². The van der Waals surface area contributed by atoms with E-state index in [1.165, 1.54) is 12.1 Å². The number of benzene rings is 3. The monoisotopic (exact) mass is 471 g/mol. The Hall–Kier alpha value is -4.46. The largest absolute Gasteiger partial charge is 0.464 e. The highest BCUT2D eigenvalue weighted by atomic mass is 19.1. The summed E-state index contributed by atoms with van der Waals surface area (Å²) in [4.78, 5) is 33.3. The fourth-order valence-electron chi connectivity index (χ4n) is 3.96. The molecule has 0 radical (unpaired) electrons. The molecule has 0 spiro atoms. The molecule has 2 aromatic heterocycles. The summed E-state index contributed by atoms with van der Waals surface area (Å²) in [7, 11) is 0. The van der Waals surface area contributed by atoms with Crippen molar-refractivity contribution < 1.29 is 23.1 Å². The molecule has 5 aromatic rings. The number of esters is 1. The molecule has 0 aliphatic rings. The van der Waals surface area contributed by atoms with Crippen molar-refractivity contribution in [3.8, 4) is 11.5 Å². The summed E-state index contributed by atoms with van der Waals surface area (Å²) in [6, 6.07) is 19.5. The summed E-state index contributed by atoms with van der Waals surface area (Å²) in [5, 5.41) is 3.58. The zero-order valence-corrected chi connectivity index (χ0v) is 18.9. The van der Waals surface area contributed by atoms with Crippen LogP contribution in [0.3, 0.4) is 0 Å². The highest BCUT2D eigenvalue weighted by Gasteiger charge is 2.24. The third-order valence-corrected chi connectivity index (χ3v) is 5.61. The van der Waals surface area contributed by atoms with E-state index in [-0.39, 0.29) is 18.8 Å². The molecule has 3 aromatic carbocycles. The molecule has 176 valence electrons. The quantitative estimate of drug-likeness (QED) is 0.325. The van der Waals surface area contributed by atoms with Crippen molar-refractivity contribution >= 4 is 33.9 Å². The minimum absolute atomic E-state index is 0.158. The van der Waals surface area contributed by atoms with Gasteiger partial charge in [-0.2, -0.15) is 0 Å². The molecule has 2 heterocycles. The van der Waals surface area contributed by atoms with Crippen LogP contribution in [0, 0.1) is 5.82 Å². The van der Waals surface area contributed by atoms with E-state index in [1.807, 2.05) is 30.3 Å². The number of carbonyl (C=O) groups is 2. The summed E-state index contributed by atoms with van der Waals surface area (Å²) >= 11 is 0.